The van der Waals surface area contributed by atoms with E-state index in [0.717, 1.165) is 6.42 Å². The minimum absolute atomic E-state index is 0.0332. The lowest BCUT2D eigenvalue weighted by molar-refractivity contribution is -0.117. The number of hydrogen-bond acceptors (Lipinski definition) is 6. The molecule has 1 aliphatic rings. The van der Waals surface area contributed by atoms with Gasteiger partial charge in [0.25, 0.3) is 0 Å². The van der Waals surface area contributed by atoms with Crippen LogP contribution >= 0.6 is 11.6 Å². The van der Waals surface area contributed by atoms with E-state index in [2.05, 4.69) is 10.1 Å². The largest absolute Gasteiger partial charge is 0.493 e. The number of nitrogens with zero attached hydrogens (tertiary/aromatic N) is 3. The van der Waals surface area contributed by atoms with E-state index in [-0.39, 0.29) is 23.3 Å². The normalized spacial score (nSPS) is 16.1. The van der Waals surface area contributed by atoms with Crippen molar-refractivity contribution in [3.8, 4) is 22.9 Å². The molecule has 0 saturated carbocycles. The molecule has 162 valence electrons. The summed E-state index contributed by atoms with van der Waals surface area (Å²) < 4.78 is 30.0. The van der Waals surface area contributed by atoms with Crippen LogP contribution in [-0.2, 0) is 4.79 Å². The zero-order chi connectivity index (χ0) is 22.0. The summed E-state index contributed by atoms with van der Waals surface area (Å²) in [6.07, 6.45) is 1.10. The molecule has 1 fully saturated rings. The Bertz CT molecular complexity index is 1100. The molecule has 1 atom stereocenters. The minimum Gasteiger partial charge on any atom is -0.493 e. The van der Waals surface area contributed by atoms with E-state index in [1.54, 1.807) is 24.1 Å². The molecule has 7 nitrogen and oxygen atoms in total. The number of methoxy groups -OCH3 is 1. The molecular formula is C22H21ClFN3O4. The number of benzene rings is 2. The Hall–Kier alpha value is -3.13. The lowest BCUT2D eigenvalue weighted by atomic mass is 10.1. The minimum atomic E-state index is -0.531. The van der Waals surface area contributed by atoms with Crippen LogP contribution in [0.1, 0.15) is 31.6 Å². The van der Waals surface area contributed by atoms with Gasteiger partial charge in [0, 0.05) is 24.2 Å². The van der Waals surface area contributed by atoms with Crippen molar-refractivity contribution < 1.29 is 23.2 Å². The molecule has 31 heavy (non-hydrogen) atoms. The van der Waals surface area contributed by atoms with Crippen molar-refractivity contribution in [2.75, 3.05) is 25.2 Å². The molecule has 0 spiro atoms. The van der Waals surface area contributed by atoms with Gasteiger partial charge in [-0.05, 0) is 42.8 Å². The predicted octanol–water partition coefficient (Wildman–Crippen LogP) is 4.85. The van der Waals surface area contributed by atoms with Gasteiger partial charge in [-0.3, -0.25) is 4.79 Å². The maximum absolute atomic E-state index is 13.4. The summed E-state index contributed by atoms with van der Waals surface area (Å²) in [5, 5.41) is 4.03. The van der Waals surface area contributed by atoms with Crippen LogP contribution < -0.4 is 14.4 Å². The number of carbonyl (C=O) groups excluding carboxylic acids is 1. The molecule has 1 aliphatic heterocycles. The first-order chi connectivity index (χ1) is 15.0. The summed E-state index contributed by atoms with van der Waals surface area (Å²) >= 11 is 5.86. The lowest BCUT2D eigenvalue weighted by Gasteiger charge is -2.16. The van der Waals surface area contributed by atoms with E-state index in [1.165, 1.54) is 18.2 Å². The molecule has 0 bridgehead atoms. The number of aromatic nitrogens is 2. The van der Waals surface area contributed by atoms with Crippen molar-refractivity contribution in [1.82, 2.24) is 10.1 Å². The molecule has 0 aliphatic carbocycles. The van der Waals surface area contributed by atoms with E-state index in [1.807, 2.05) is 13.0 Å². The number of rotatable bonds is 7. The maximum Gasteiger partial charge on any atom is 0.232 e. The summed E-state index contributed by atoms with van der Waals surface area (Å²) in [5.74, 6) is 1.06. The molecule has 1 amide bonds. The van der Waals surface area contributed by atoms with Gasteiger partial charge >= 0.3 is 0 Å². The monoisotopic (exact) mass is 445 g/mol. The smallest absolute Gasteiger partial charge is 0.232 e. The van der Waals surface area contributed by atoms with Crippen molar-refractivity contribution in [3.05, 3.63) is 53.1 Å². The number of halogens is 2. The topological polar surface area (TPSA) is 77.7 Å². The van der Waals surface area contributed by atoms with Gasteiger partial charge in [-0.25, -0.2) is 4.39 Å². The zero-order valence-electron chi connectivity index (χ0n) is 17.1. The Balaban J connectivity index is 1.52. The van der Waals surface area contributed by atoms with Gasteiger partial charge in [-0.15, -0.1) is 0 Å². The third-order valence-electron chi connectivity index (χ3n) is 5.01. The molecule has 9 heteroatoms. The van der Waals surface area contributed by atoms with Crippen LogP contribution in [0, 0.1) is 5.82 Å². The highest BCUT2D eigenvalue weighted by Crippen LogP contribution is 2.35. The highest BCUT2D eigenvalue weighted by atomic mass is 35.5. The summed E-state index contributed by atoms with van der Waals surface area (Å²) in [7, 11) is 1.57. The van der Waals surface area contributed by atoms with Gasteiger partial charge in [0.2, 0.25) is 17.6 Å². The fourth-order valence-electron chi connectivity index (χ4n) is 3.43. The summed E-state index contributed by atoms with van der Waals surface area (Å²) in [6, 6.07) is 9.62. The first-order valence-corrected chi connectivity index (χ1v) is 10.3. The third kappa shape index (κ3) is 4.34. The molecule has 2 heterocycles. The second kappa shape index (κ2) is 8.93. The van der Waals surface area contributed by atoms with Gasteiger partial charge in [0.05, 0.1) is 24.7 Å². The number of hydrogen-bond donors (Lipinski definition) is 0. The Morgan fingerprint density at radius 1 is 1.26 bits per heavy atom. The van der Waals surface area contributed by atoms with Crippen LogP contribution in [-0.4, -0.2) is 36.3 Å². The van der Waals surface area contributed by atoms with Gasteiger partial charge in [-0.2, -0.15) is 4.98 Å². The molecule has 3 aromatic rings. The molecule has 4 rings (SSSR count). The Morgan fingerprint density at radius 3 is 2.84 bits per heavy atom. The molecule has 0 N–H and O–H groups in total. The van der Waals surface area contributed by atoms with E-state index in [9.17, 15) is 9.18 Å². The van der Waals surface area contributed by atoms with Gasteiger partial charge < -0.3 is 18.9 Å². The first kappa shape index (κ1) is 21.1. The Kier molecular flexibility index (Phi) is 6.08. The van der Waals surface area contributed by atoms with Crippen molar-refractivity contribution in [1.29, 1.82) is 0 Å². The highest BCUT2D eigenvalue weighted by molar-refractivity contribution is 6.31. The standard InChI is InChI=1S/C22H21ClFN3O4/c1-3-8-30-18-7-4-13(9-19(18)29-2)21-25-22(31-26-21)14-10-20(28)27(12-14)15-5-6-17(24)16(23)11-15/h4-7,9,11,14H,3,8,10,12H2,1-2H3. The first-order valence-electron chi connectivity index (χ1n) is 9.90. The fourth-order valence-corrected chi connectivity index (χ4v) is 3.61. The average molecular weight is 446 g/mol. The summed E-state index contributed by atoms with van der Waals surface area (Å²) in [6.45, 7) is 2.96. The van der Waals surface area contributed by atoms with Crippen LogP contribution in [0.15, 0.2) is 40.9 Å². The third-order valence-corrected chi connectivity index (χ3v) is 5.30. The average Bonchev–Trinajstić information content (AvgIpc) is 3.41. The SMILES string of the molecule is CCCOc1ccc(-c2noc(C3CC(=O)N(c4ccc(F)c(Cl)c4)C3)n2)cc1OC. The van der Waals surface area contributed by atoms with Crippen LogP contribution in [0.4, 0.5) is 10.1 Å². The number of ether oxygens (including phenoxy) is 2. The lowest BCUT2D eigenvalue weighted by Crippen LogP contribution is -2.24. The quantitative estimate of drug-likeness (QED) is 0.517. The number of anilines is 1. The van der Waals surface area contributed by atoms with E-state index < -0.39 is 5.82 Å². The van der Waals surface area contributed by atoms with Crippen LogP contribution in [0.5, 0.6) is 11.5 Å². The van der Waals surface area contributed by atoms with Crippen molar-refractivity contribution >= 4 is 23.2 Å². The second-order valence-corrected chi connectivity index (χ2v) is 7.58. The van der Waals surface area contributed by atoms with E-state index >= 15 is 0 Å². The van der Waals surface area contributed by atoms with Crippen LogP contribution in [0.2, 0.25) is 5.02 Å². The van der Waals surface area contributed by atoms with E-state index in [4.69, 9.17) is 25.6 Å². The maximum atomic E-state index is 13.4. The van der Waals surface area contributed by atoms with Crippen LogP contribution in [0.3, 0.4) is 0 Å². The second-order valence-electron chi connectivity index (χ2n) is 7.17. The number of amides is 1. The molecule has 1 saturated heterocycles. The van der Waals surface area contributed by atoms with Gasteiger partial charge in [0.1, 0.15) is 5.82 Å². The van der Waals surface area contributed by atoms with Crippen molar-refractivity contribution in [2.45, 2.75) is 25.7 Å². The Morgan fingerprint density at radius 2 is 2.10 bits per heavy atom. The predicted molar refractivity (Wildman–Crippen MR) is 113 cm³/mol. The molecule has 0 radical (unpaired) electrons. The molecule has 1 aromatic heterocycles. The molecule has 2 aromatic carbocycles. The van der Waals surface area contributed by atoms with Crippen LogP contribution in [0.25, 0.3) is 11.4 Å². The van der Waals surface area contributed by atoms with Crippen molar-refractivity contribution in [2.24, 2.45) is 0 Å². The van der Waals surface area contributed by atoms with Gasteiger partial charge in [0.15, 0.2) is 11.5 Å². The number of carbonyl (C=O) groups is 1. The fraction of sp³-hybridized carbons (Fsp3) is 0.318. The summed E-state index contributed by atoms with van der Waals surface area (Å²) in [5.41, 5.74) is 1.24. The molecule has 1 unspecified atom stereocenters. The molecular weight excluding hydrogens is 425 g/mol. The Labute approximate surface area is 183 Å². The summed E-state index contributed by atoms with van der Waals surface area (Å²) in [4.78, 5) is 18.5. The van der Waals surface area contributed by atoms with Gasteiger partial charge in [-0.1, -0.05) is 23.7 Å². The zero-order valence-corrected chi connectivity index (χ0v) is 17.9. The van der Waals surface area contributed by atoms with Crippen molar-refractivity contribution in [3.63, 3.8) is 0 Å². The van der Waals surface area contributed by atoms with E-state index in [0.29, 0.717) is 47.6 Å². The highest BCUT2D eigenvalue weighted by Gasteiger charge is 2.35.